The summed E-state index contributed by atoms with van der Waals surface area (Å²) in [6.07, 6.45) is 2.15. The van der Waals surface area contributed by atoms with Crippen LogP contribution in [0.5, 0.6) is 0 Å². The minimum atomic E-state index is -0.0162. The molecule has 5 nitrogen and oxygen atoms in total. The highest BCUT2D eigenvalue weighted by Gasteiger charge is 2.25. The number of hydrogen-bond donors (Lipinski definition) is 2. The van der Waals surface area contributed by atoms with Gasteiger partial charge in [-0.15, -0.1) is 0 Å². The first kappa shape index (κ1) is 17.1. The number of nitrogens with zero attached hydrogens (tertiary/aromatic N) is 2. The summed E-state index contributed by atoms with van der Waals surface area (Å²) in [5.74, 6) is 1.33. The molecule has 1 amide bonds. The van der Waals surface area contributed by atoms with Crippen LogP contribution in [0.1, 0.15) is 24.6 Å². The molecule has 0 spiro atoms. The summed E-state index contributed by atoms with van der Waals surface area (Å²) in [7, 11) is 0. The summed E-state index contributed by atoms with van der Waals surface area (Å²) in [4.78, 5) is 22.7. The van der Waals surface area contributed by atoms with E-state index < -0.39 is 0 Å². The van der Waals surface area contributed by atoms with Crippen molar-refractivity contribution in [2.24, 2.45) is 0 Å². The van der Waals surface area contributed by atoms with E-state index in [0.29, 0.717) is 17.5 Å². The number of imidazole rings is 1. The van der Waals surface area contributed by atoms with Crippen molar-refractivity contribution >= 4 is 34.2 Å². The van der Waals surface area contributed by atoms with Crippen molar-refractivity contribution in [2.75, 3.05) is 25.0 Å². The summed E-state index contributed by atoms with van der Waals surface area (Å²) in [6.45, 7) is 2.14. The lowest BCUT2D eigenvalue weighted by atomic mass is 9.97. The lowest BCUT2D eigenvalue weighted by Crippen LogP contribution is -2.40. The predicted molar refractivity (Wildman–Crippen MR) is 105 cm³/mol. The number of aromatic amines is 1. The second-order valence-corrected chi connectivity index (χ2v) is 7.21. The van der Waals surface area contributed by atoms with Crippen molar-refractivity contribution < 1.29 is 4.79 Å². The number of aromatic nitrogens is 2. The summed E-state index contributed by atoms with van der Waals surface area (Å²) in [5.41, 5.74) is 2.80. The van der Waals surface area contributed by atoms with Crippen molar-refractivity contribution in [3.05, 3.63) is 59.4 Å². The summed E-state index contributed by atoms with van der Waals surface area (Å²) >= 11 is 5.97. The number of benzene rings is 2. The highest BCUT2D eigenvalue weighted by molar-refractivity contribution is 6.30. The summed E-state index contributed by atoms with van der Waals surface area (Å²) in [5, 5.41) is 3.53. The molecule has 1 fully saturated rings. The van der Waals surface area contributed by atoms with Crippen LogP contribution < -0.4 is 5.32 Å². The first-order valence-corrected chi connectivity index (χ1v) is 9.27. The molecule has 1 atom stereocenters. The Hall–Kier alpha value is -2.37. The third-order valence-corrected chi connectivity index (χ3v) is 5.01. The zero-order chi connectivity index (χ0) is 17.9. The average molecular weight is 369 g/mol. The molecule has 1 saturated heterocycles. The SMILES string of the molecule is O=C(CN1CCCC(c2nc3ccccc3[nH]2)C1)Nc1cccc(Cl)c1. The van der Waals surface area contributed by atoms with Gasteiger partial charge in [0.15, 0.2) is 0 Å². The van der Waals surface area contributed by atoms with E-state index in [1.165, 1.54) is 0 Å². The van der Waals surface area contributed by atoms with Gasteiger partial charge in [-0.2, -0.15) is 0 Å². The topological polar surface area (TPSA) is 61.0 Å². The van der Waals surface area contributed by atoms with Crippen LogP contribution in [0.3, 0.4) is 0 Å². The number of carbonyl (C=O) groups excluding carboxylic acids is 1. The van der Waals surface area contributed by atoms with Crippen LogP contribution in [-0.4, -0.2) is 40.4 Å². The minimum Gasteiger partial charge on any atom is -0.342 e. The fraction of sp³-hybridized carbons (Fsp3) is 0.300. The second kappa shape index (κ2) is 7.48. The van der Waals surface area contributed by atoms with Crippen LogP contribution in [0.25, 0.3) is 11.0 Å². The van der Waals surface area contributed by atoms with Gasteiger partial charge < -0.3 is 10.3 Å². The van der Waals surface area contributed by atoms with E-state index >= 15 is 0 Å². The van der Waals surface area contributed by atoms with Gasteiger partial charge in [0.25, 0.3) is 0 Å². The van der Waals surface area contributed by atoms with Crippen LogP contribution in [0.4, 0.5) is 5.69 Å². The number of hydrogen-bond acceptors (Lipinski definition) is 3. The van der Waals surface area contributed by atoms with E-state index in [-0.39, 0.29) is 5.91 Å². The molecule has 134 valence electrons. The molecule has 1 unspecified atom stereocenters. The summed E-state index contributed by atoms with van der Waals surface area (Å²) < 4.78 is 0. The molecule has 2 heterocycles. The number of piperidine rings is 1. The van der Waals surface area contributed by atoms with Gasteiger partial charge in [-0.25, -0.2) is 4.98 Å². The molecule has 6 heteroatoms. The Balaban J connectivity index is 1.39. The third-order valence-electron chi connectivity index (χ3n) is 4.78. The maximum Gasteiger partial charge on any atom is 0.238 e. The molecule has 1 aliphatic heterocycles. The van der Waals surface area contributed by atoms with E-state index in [1.54, 1.807) is 12.1 Å². The Bertz CT molecular complexity index is 890. The Morgan fingerprint density at radius 3 is 3.00 bits per heavy atom. The molecule has 1 aliphatic rings. The van der Waals surface area contributed by atoms with Crippen LogP contribution in [0, 0.1) is 0 Å². The Morgan fingerprint density at radius 2 is 2.15 bits per heavy atom. The molecule has 3 aromatic rings. The molecule has 0 radical (unpaired) electrons. The highest BCUT2D eigenvalue weighted by atomic mass is 35.5. The molecule has 0 bridgehead atoms. The van der Waals surface area contributed by atoms with Crippen LogP contribution in [-0.2, 0) is 4.79 Å². The minimum absolute atomic E-state index is 0.0162. The molecule has 2 aromatic carbocycles. The van der Waals surface area contributed by atoms with E-state index in [9.17, 15) is 4.79 Å². The van der Waals surface area contributed by atoms with Gasteiger partial charge in [0.2, 0.25) is 5.91 Å². The number of nitrogens with one attached hydrogen (secondary N) is 2. The van der Waals surface area contributed by atoms with E-state index in [1.807, 2.05) is 36.4 Å². The number of para-hydroxylation sites is 2. The van der Waals surface area contributed by atoms with Gasteiger partial charge in [-0.1, -0.05) is 29.8 Å². The maximum atomic E-state index is 12.4. The normalized spacial score (nSPS) is 18.1. The average Bonchev–Trinajstić information content (AvgIpc) is 3.06. The molecule has 2 N–H and O–H groups in total. The Kier molecular flexibility index (Phi) is 4.91. The van der Waals surface area contributed by atoms with Crippen LogP contribution >= 0.6 is 11.6 Å². The van der Waals surface area contributed by atoms with Gasteiger partial charge in [0, 0.05) is 23.2 Å². The Labute approximate surface area is 157 Å². The maximum absolute atomic E-state index is 12.4. The first-order chi connectivity index (χ1) is 12.7. The van der Waals surface area contributed by atoms with Crippen molar-refractivity contribution in [1.29, 1.82) is 0 Å². The molecular formula is C20H21ClN4O. The van der Waals surface area contributed by atoms with E-state index in [4.69, 9.17) is 16.6 Å². The van der Waals surface area contributed by atoms with Crippen molar-refractivity contribution in [1.82, 2.24) is 14.9 Å². The zero-order valence-electron chi connectivity index (χ0n) is 14.4. The number of halogens is 1. The molecule has 0 saturated carbocycles. The van der Waals surface area contributed by atoms with E-state index in [2.05, 4.69) is 15.2 Å². The highest BCUT2D eigenvalue weighted by Crippen LogP contribution is 2.26. The van der Waals surface area contributed by atoms with Gasteiger partial charge in [0.1, 0.15) is 5.82 Å². The van der Waals surface area contributed by atoms with Crippen molar-refractivity contribution in [3.63, 3.8) is 0 Å². The van der Waals surface area contributed by atoms with Crippen LogP contribution in [0.2, 0.25) is 5.02 Å². The third kappa shape index (κ3) is 3.89. The number of amides is 1. The van der Waals surface area contributed by atoms with Crippen LogP contribution in [0.15, 0.2) is 48.5 Å². The van der Waals surface area contributed by atoms with E-state index in [0.717, 1.165) is 48.5 Å². The molecule has 26 heavy (non-hydrogen) atoms. The number of carbonyl (C=O) groups is 1. The first-order valence-electron chi connectivity index (χ1n) is 8.90. The molecule has 4 rings (SSSR count). The standard InChI is InChI=1S/C20H21ClN4O/c21-15-6-3-7-16(11-15)22-19(26)13-25-10-4-5-14(12-25)20-23-17-8-1-2-9-18(17)24-20/h1-3,6-9,11,14H,4-5,10,12-13H2,(H,22,26)(H,23,24). The Morgan fingerprint density at radius 1 is 1.27 bits per heavy atom. The van der Waals surface area contributed by atoms with Crippen molar-refractivity contribution in [3.8, 4) is 0 Å². The monoisotopic (exact) mass is 368 g/mol. The van der Waals surface area contributed by atoms with Gasteiger partial charge in [-0.3, -0.25) is 9.69 Å². The molecular weight excluding hydrogens is 348 g/mol. The number of fused-ring (bicyclic) bond motifs is 1. The van der Waals surface area contributed by atoms with Gasteiger partial charge in [0.05, 0.1) is 17.6 Å². The number of likely N-dealkylation sites (tertiary alicyclic amines) is 1. The van der Waals surface area contributed by atoms with Gasteiger partial charge >= 0.3 is 0 Å². The second-order valence-electron chi connectivity index (χ2n) is 6.77. The fourth-order valence-electron chi connectivity index (χ4n) is 3.56. The lowest BCUT2D eigenvalue weighted by molar-refractivity contribution is -0.117. The molecule has 0 aliphatic carbocycles. The molecule has 1 aromatic heterocycles. The van der Waals surface area contributed by atoms with Gasteiger partial charge in [-0.05, 0) is 49.7 Å². The quantitative estimate of drug-likeness (QED) is 0.730. The smallest absolute Gasteiger partial charge is 0.238 e. The number of rotatable bonds is 4. The van der Waals surface area contributed by atoms with Crippen molar-refractivity contribution in [2.45, 2.75) is 18.8 Å². The largest absolute Gasteiger partial charge is 0.342 e. The summed E-state index contributed by atoms with van der Waals surface area (Å²) in [6, 6.07) is 15.3. The fourth-order valence-corrected chi connectivity index (χ4v) is 3.75. The number of anilines is 1. The zero-order valence-corrected chi connectivity index (χ0v) is 15.2. The lowest BCUT2D eigenvalue weighted by Gasteiger charge is -2.31. The predicted octanol–water partition coefficient (Wildman–Crippen LogP) is 4.03. The number of H-pyrrole nitrogens is 1.